The predicted octanol–water partition coefficient (Wildman–Crippen LogP) is 2.12. The van der Waals surface area contributed by atoms with Gasteiger partial charge in [-0.15, -0.1) is 0 Å². The minimum atomic E-state index is -0.232. The van der Waals surface area contributed by atoms with Crippen LogP contribution >= 0.6 is 0 Å². The number of fused-ring (bicyclic) bond motifs is 1. The molecule has 1 aliphatic heterocycles. The van der Waals surface area contributed by atoms with Gasteiger partial charge in [-0.25, -0.2) is 14.5 Å². The standard InChI is InChI=1S/C23H24N6O2/c1-16-19(3-4-20-21(16)15-31-23(20)30)6-8-28(9-7-24)13-17-2-5-22(26-11-17)29-14-18(10-25)12-27-29/h2-5,11-12,14H,6-9,13,15,24H2,1H3. The molecule has 0 bridgehead atoms. The van der Waals surface area contributed by atoms with E-state index in [1.54, 1.807) is 10.9 Å². The molecule has 0 fully saturated rings. The van der Waals surface area contributed by atoms with E-state index < -0.39 is 0 Å². The second kappa shape index (κ2) is 9.08. The fourth-order valence-corrected chi connectivity index (χ4v) is 3.81. The van der Waals surface area contributed by atoms with Crippen molar-refractivity contribution in [2.24, 2.45) is 5.73 Å². The lowest BCUT2D eigenvalue weighted by Crippen LogP contribution is -2.31. The Bertz CT molecular complexity index is 1130. The van der Waals surface area contributed by atoms with E-state index in [1.165, 1.54) is 11.8 Å². The number of cyclic esters (lactones) is 1. The van der Waals surface area contributed by atoms with E-state index in [9.17, 15) is 4.79 Å². The molecule has 0 radical (unpaired) electrons. The maximum Gasteiger partial charge on any atom is 0.338 e. The van der Waals surface area contributed by atoms with E-state index in [4.69, 9.17) is 15.7 Å². The minimum absolute atomic E-state index is 0.232. The topological polar surface area (TPSA) is 110 Å². The second-order valence-corrected chi connectivity index (χ2v) is 7.58. The smallest absolute Gasteiger partial charge is 0.338 e. The van der Waals surface area contributed by atoms with E-state index in [-0.39, 0.29) is 5.97 Å². The van der Waals surface area contributed by atoms with Gasteiger partial charge in [-0.2, -0.15) is 10.4 Å². The SMILES string of the molecule is Cc1c(CCN(CCN)Cc2ccc(-n3cc(C#N)cn3)nc2)ccc2c1COC2=O. The molecule has 1 aliphatic rings. The van der Waals surface area contributed by atoms with Crippen LogP contribution in [0.5, 0.6) is 0 Å². The monoisotopic (exact) mass is 416 g/mol. The number of hydrogen-bond acceptors (Lipinski definition) is 7. The Balaban J connectivity index is 1.41. The van der Waals surface area contributed by atoms with E-state index >= 15 is 0 Å². The van der Waals surface area contributed by atoms with Gasteiger partial charge < -0.3 is 10.5 Å². The van der Waals surface area contributed by atoms with Crippen molar-refractivity contribution < 1.29 is 9.53 Å². The summed E-state index contributed by atoms with van der Waals surface area (Å²) in [4.78, 5) is 18.5. The number of aromatic nitrogens is 3. The Kier molecular flexibility index (Phi) is 6.07. The summed E-state index contributed by atoms with van der Waals surface area (Å²) >= 11 is 0. The number of nitrogens with zero attached hydrogens (tertiary/aromatic N) is 5. The number of carbonyl (C=O) groups is 1. The van der Waals surface area contributed by atoms with Gasteiger partial charge in [-0.05, 0) is 42.2 Å². The summed E-state index contributed by atoms with van der Waals surface area (Å²) in [6.07, 6.45) is 5.86. The Labute approximate surface area is 180 Å². The Hall–Kier alpha value is -3.54. The average molecular weight is 416 g/mol. The molecule has 0 amide bonds. The van der Waals surface area contributed by atoms with Gasteiger partial charge in [0.05, 0.1) is 23.5 Å². The summed E-state index contributed by atoms with van der Waals surface area (Å²) in [5.41, 5.74) is 11.5. The highest BCUT2D eigenvalue weighted by Crippen LogP contribution is 2.26. The molecule has 2 aromatic heterocycles. The van der Waals surface area contributed by atoms with Gasteiger partial charge in [-0.3, -0.25) is 4.90 Å². The number of esters is 1. The molecule has 0 saturated carbocycles. The van der Waals surface area contributed by atoms with Crippen molar-refractivity contribution in [1.82, 2.24) is 19.7 Å². The van der Waals surface area contributed by atoms with E-state index in [0.717, 1.165) is 42.7 Å². The van der Waals surface area contributed by atoms with Crippen molar-refractivity contribution >= 4 is 5.97 Å². The average Bonchev–Trinajstić information content (AvgIpc) is 3.41. The van der Waals surface area contributed by atoms with Crippen molar-refractivity contribution in [1.29, 1.82) is 5.26 Å². The summed E-state index contributed by atoms with van der Waals surface area (Å²) in [7, 11) is 0. The van der Waals surface area contributed by atoms with Gasteiger partial charge in [0.25, 0.3) is 0 Å². The lowest BCUT2D eigenvalue weighted by Gasteiger charge is -2.22. The zero-order chi connectivity index (χ0) is 21.8. The van der Waals surface area contributed by atoms with E-state index in [2.05, 4.69) is 28.0 Å². The molecule has 0 spiro atoms. The highest BCUT2D eigenvalue weighted by Gasteiger charge is 2.23. The van der Waals surface area contributed by atoms with Crippen LogP contribution in [-0.4, -0.2) is 45.3 Å². The number of benzene rings is 1. The van der Waals surface area contributed by atoms with Crippen LogP contribution in [0.3, 0.4) is 0 Å². The maximum absolute atomic E-state index is 11.7. The summed E-state index contributed by atoms with van der Waals surface area (Å²) in [6.45, 7) is 5.35. The Morgan fingerprint density at radius 2 is 2.13 bits per heavy atom. The number of nitriles is 1. The van der Waals surface area contributed by atoms with Gasteiger partial charge in [0, 0.05) is 37.9 Å². The van der Waals surface area contributed by atoms with Crippen molar-refractivity contribution in [3.63, 3.8) is 0 Å². The van der Waals surface area contributed by atoms with Crippen molar-refractivity contribution in [2.45, 2.75) is 26.5 Å². The lowest BCUT2D eigenvalue weighted by molar-refractivity contribution is 0.0535. The summed E-state index contributed by atoms with van der Waals surface area (Å²) in [6, 6.07) is 9.87. The molecular weight excluding hydrogens is 392 g/mol. The number of rotatable bonds is 8. The van der Waals surface area contributed by atoms with Crippen LogP contribution in [-0.2, 0) is 24.3 Å². The fraction of sp³-hybridized carbons (Fsp3) is 0.304. The summed E-state index contributed by atoms with van der Waals surface area (Å²) in [5.74, 6) is 0.436. The normalized spacial score (nSPS) is 12.6. The third kappa shape index (κ3) is 4.48. The molecule has 158 valence electrons. The molecule has 8 nitrogen and oxygen atoms in total. The first-order valence-corrected chi connectivity index (χ1v) is 10.2. The van der Waals surface area contributed by atoms with Crippen LogP contribution in [0.2, 0.25) is 0 Å². The molecule has 0 saturated heterocycles. The summed E-state index contributed by atoms with van der Waals surface area (Å²) in [5, 5.41) is 13.1. The molecule has 2 N–H and O–H groups in total. The van der Waals surface area contributed by atoms with Crippen LogP contribution in [0, 0.1) is 18.3 Å². The quantitative estimate of drug-likeness (QED) is 0.560. The van der Waals surface area contributed by atoms with Gasteiger partial charge in [0.15, 0.2) is 5.82 Å². The largest absolute Gasteiger partial charge is 0.457 e. The first-order chi connectivity index (χ1) is 15.1. The molecule has 3 aromatic rings. The van der Waals surface area contributed by atoms with Crippen molar-refractivity contribution in [3.8, 4) is 11.9 Å². The van der Waals surface area contributed by atoms with E-state index in [1.807, 2.05) is 30.5 Å². The lowest BCUT2D eigenvalue weighted by atomic mass is 9.96. The number of carbonyl (C=O) groups excluding carboxylic acids is 1. The van der Waals surface area contributed by atoms with Crippen LogP contribution in [0.25, 0.3) is 5.82 Å². The second-order valence-electron chi connectivity index (χ2n) is 7.58. The molecule has 3 heterocycles. The molecule has 0 unspecified atom stereocenters. The number of ether oxygens (including phenoxy) is 1. The third-order valence-electron chi connectivity index (χ3n) is 5.58. The van der Waals surface area contributed by atoms with Crippen molar-refractivity contribution in [2.75, 3.05) is 19.6 Å². The fourth-order valence-electron chi connectivity index (χ4n) is 3.81. The Morgan fingerprint density at radius 3 is 2.84 bits per heavy atom. The third-order valence-corrected chi connectivity index (χ3v) is 5.58. The molecule has 0 atom stereocenters. The van der Waals surface area contributed by atoms with E-state index in [0.29, 0.717) is 30.1 Å². The van der Waals surface area contributed by atoms with Gasteiger partial charge in [0.1, 0.15) is 12.7 Å². The first kappa shape index (κ1) is 20.7. The number of nitrogens with two attached hydrogens (primary N) is 1. The molecule has 1 aromatic carbocycles. The zero-order valence-electron chi connectivity index (χ0n) is 17.4. The van der Waals surface area contributed by atoms with Crippen LogP contribution in [0.15, 0.2) is 42.9 Å². The molecule has 8 heteroatoms. The maximum atomic E-state index is 11.7. The highest BCUT2D eigenvalue weighted by molar-refractivity contribution is 5.93. The van der Waals surface area contributed by atoms with Crippen LogP contribution in [0.4, 0.5) is 0 Å². The molecule has 4 rings (SSSR count). The minimum Gasteiger partial charge on any atom is -0.457 e. The Morgan fingerprint density at radius 1 is 1.26 bits per heavy atom. The van der Waals surface area contributed by atoms with Gasteiger partial charge in [-0.1, -0.05) is 12.1 Å². The number of pyridine rings is 1. The van der Waals surface area contributed by atoms with Gasteiger partial charge in [0.2, 0.25) is 0 Å². The molecule has 31 heavy (non-hydrogen) atoms. The van der Waals surface area contributed by atoms with Crippen LogP contribution in [0.1, 0.15) is 38.2 Å². The van der Waals surface area contributed by atoms with Crippen LogP contribution < -0.4 is 5.73 Å². The zero-order valence-corrected chi connectivity index (χ0v) is 17.4. The van der Waals surface area contributed by atoms with Gasteiger partial charge >= 0.3 is 5.97 Å². The van der Waals surface area contributed by atoms with Crippen molar-refractivity contribution in [3.05, 3.63) is 76.2 Å². The first-order valence-electron chi connectivity index (χ1n) is 10.2. The summed E-state index contributed by atoms with van der Waals surface area (Å²) < 4.78 is 6.75. The molecule has 0 aliphatic carbocycles. The number of hydrogen-bond donors (Lipinski definition) is 1. The highest BCUT2D eigenvalue weighted by atomic mass is 16.5. The predicted molar refractivity (Wildman–Crippen MR) is 114 cm³/mol. The molecular formula is C23H24N6O2.